The van der Waals surface area contributed by atoms with Crippen molar-refractivity contribution in [3.63, 3.8) is 0 Å². The van der Waals surface area contributed by atoms with Crippen molar-refractivity contribution in [3.05, 3.63) is 53.6 Å². The zero-order valence-electron chi connectivity index (χ0n) is 16.0. The molecule has 142 valence electrons. The topological polar surface area (TPSA) is 47.9 Å². The molecular weight excluding hydrogens is 347 g/mol. The van der Waals surface area contributed by atoms with Crippen molar-refractivity contribution in [2.75, 3.05) is 21.0 Å². The van der Waals surface area contributed by atoms with Crippen LogP contribution in [0.4, 0.5) is 0 Å². The molecule has 1 atom stereocenters. The first kappa shape index (κ1) is 20.7. The molecule has 4 nitrogen and oxygen atoms in total. The van der Waals surface area contributed by atoms with Crippen molar-refractivity contribution in [3.8, 4) is 11.5 Å². The van der Waals surface area contributed by atoms with Gasteiger partial charge in [0.25, 0.3) is 0 Å². The smallest absolute Gasteiger partial charge is 0.188 e. The van der Waals surface area contributed by atoms with E-state index in [2.05, 4.69) is 26.0 Å². The van der Waals surface area contributed by atoms with Crippen molar-refractivity contribution in [2.24, 2.45) is 0 Å². The lowest BCUT2D eigenvalue weighted by Gasteiger charge is -2.35. The average Bonchev–Trinajstić information content (AvgIpc) is 2.70. The lowest BCUT2D eigenvalue weighted by atomic mass is 9.91. The minimum absolute atomic E-state index is 0.0534. The Hall–Kier alpha value is -1.61. The second kappa shape index (κ2) is 9.91. The number of hydrogen-bond acceptors (Lipinski definition) is 4. The summed E-state index contributed by atoms with van der Waals surface area (Å²) in [6.45, 7) is 4.67. The van der Waals surface area contributed by atoms with Gasteiger partial charge in [0, 0.05) is 17.8 Å². The van der Waals surface area contributed by atoms with Crippen LogP contribution in [0.25, 0.3) is 0 Å². The molecule has 0 aromatic heterocycles. The predicted molar refractivity (Wildman–Crippen MR) is 108 cm³/mol. The van der Waals surface area contributed by atoms with Crippen LogP contribution in [0.3, 0.4) is 0 Å². The molecule has 5 heteroatoms. The van der Waals surface area contributed by atoms with E-state index in [-0.39, 0.29) is 18.6 Å². The molecule has 0 aliphatic heterocycles. The molecule has 2 aromatic carbocycles. The second-order valence-electron chi connectivity index (χ2n) is 6.14. The Morgan fingerprint density at radius 2 is 1.77 bits per heavy atom. The molecule has 0 fully saturated rings. The highest BCUT2D eigenvalue weighted by atomic mass is 31.1. The maximum absolute atomic E-state index is 9.73. The van der Waals surface area contributed by atoms with Gasteiger partial charge in [-0.1, -0.05) is 46.7 Å². The number of aliphatic hydroxyl groups is 1. The van der Waals surface area contributed by atoms with Crippen LogP contribution in [-0.4, -0.2) is 26.1 Å². The van der Waals surface area contributed by atoms with Crippen LogP contribution in [0, 0.1) is 0 Å². The van der Waals surface area contributed by atoms with Gasteiger partial charge in [0.1, 0.15) is 11.5 Å². The molecular formula is C21H29O4P. The van der Waals surface area contributed by atoms with Crippen molar-refractivity contribution < 1.29 is 19.3 Å². The third kappa shape index (κ3) is 4.56. The number of methoxy groups -OCH3 is 2. The molecule has 0 saturated heterocycles. The summed E-state index contributed by atoms with van der Waals surface area (Å²) >= 11 is 0. The van der Waals surface area contributed by atoms with Crippen LogP contribution in [0.5, 0.6) is 11.5 Å². The molecule has 0 saturated carbocycles. The SMILES string of the molecule is CCC(CC)(Pc1ccccc1CO)c1cc(OC)ccc1OCOC. The summed E-state index contributed by atoms with van der Waals surface area (Å²) in [6.07, 6.45) is 1.91. The molecule has 0 radical (unpaired) electrons. The van der Waals surface area contributed by atoms with E-state index in [1.165, 1.54) is 5.30 Å². The number of benzene rings is 2. The van der Waals surface area contributed by atoms with Crippen LogP contribution in [0.2, 0.25) is 0 Å². The molecule has 2 aromatic rings. The maximum atomic E-state index is 9.73. The van der Waals surface area contributed by atoms with E-state index < -0.39 is 0 Å². The molecule has 26 heavy (non-hydrogen) atoms. The minimum atomic E-state index is -0.0944. The fraction of sp³-hybridized carbons (Fsp3) is 0.429. The molecule has 0 aliphatic carbocycles. The molecule has 0 spiro atoms. The van der Waals surface area contributed by atoms with Gasteiger partial charge in [0.15, 0.2) is 6.79 Å². The van der Waals surface area contributed by atoms with E-state index in [0.717, 1.165) is 35.5 Å². The van der Waals surface area contributed by atoms with Crippen LogP contribution in [-0.2, 0) is 16.5 Å². The number of ether oxygens (including phenoxy) is 3. The summed E-state index contributed by atoms with van der Waals surface area (Å²) < 4.78 is 16.4. The Morgan fingerprint density at radius 1 is 1.04 bits per heavy atom. The largest absolute Gasteiger partial charge is 0.497 e. The first-order valence-corrected chi connectivity index (χ1v) is 9.91. The quantitative estimate of drug-likeness (QED) is 0.499. The van der Waals surface area contributed by atoms with E-state index in [1.54, 1.807) is 14.2 Å². The van der Waals surface area contributed by atoms with Crippen molar-refractivity contribution in [1.82, 2.24) is 0 Å². The van der Waals surface area contributed by atoms with Crippen molar-refractivity contribution in [2.45, 2.75) is 38.5 Å². The zero-order chi connectivity index (χ0) is 19.0. The fourth-order valence-corrected chi connectivity index (χ4v) is 4.87. The van der Waals surface area contributed by atoms with E-state index in [4.69, 9.17) is 14.2 Å². The summed E-state index contributed by atoms with van der Waals surface area (Å²) in [6, 6.07) is 14.0. The Kier molecular flexibility index (Phi) is 7.89. The fourth-order valence-electron chi connectivity index (χ4n) is 3.17. The van der Waals surface area contributed by atoms with Gasteiger partial charge in [-0.25, -0.2) is 0 Å². The lowest BCUT2D eigenvalue weighted by Crippen LogP contribution is -2.24. The Bertz CT molecular complexity index is 698. The highest BCUT2D eigenvalue weighted by molar-refractivity contribution is 7.48. The number of aliphatic hydroxyl groups excluding tert-OH is 1. The first-order chi connectivity index (χ1) is 12.6. The summed E-state index contributed by atoms with van der Waals surface area (Å²) in [5.74, 6) is 1.64. The molecule has 0 aliphatic rings. The molecule has 0 heterocycles. The van der Waals surface area contributed by atoms with Gasteiger partial charge in [0.2, 0.25) is 0 Å². The maximum Gasteiger partial charge on any atom is 0.188 e. The second-order valence-corrected chi connectivity index (χ2v) is 7.89. The number of rotatable bonds is 10. The lowest BCUT2D eigenvalue weighted by molar-refractivity contribution is 0.0499. The Labute approximate surface area is 158 Å². The monoisotopic (exact) mass is 376 g/mol. The standard InChI is InChI=1S/C21H29O4P/c1-5-21(6-2,26-20-10-8-7-9-16(20)14-22)18-13-17(24-4)11-12-19(18)25-15-23-3/h7-13,22,26H,5-6,14-15H2,1-4H3. The summed E-state index contributed by atoms with van der Waals surface area (Å²) in [5.41, 5.74) is 2.12. The van der Waals surface area contributed by atoms with Gasteiger partial charge in [-0.05, 0) is 41.9 Å². The van der Waals surface area contributed by atoms with Crippen molar-refractivity contribution in [1.29, 1.82) is 0 Å². The first-order valence-electron chi connectivity index (χ1n) is 8.91. The highest BCUT2D eigenvalue weighted by Gasteiger charge is 2.33. The summed E-state index contributed by atoms with van der Waals surface area (Å²) in [7, 11) is 3.81. The Morgan fingerprint density at radius 3 is 2.38 bits per heavy atom. The van der Waals surface area contributed by atoms with Gasteiger partial charge in [-0.15, -0.1) is 0 Å². The Balaban J connectivity index is 2.53. The third-order valence-corrected chi connectivity index (χ3v) is 7.02. The molecule has 1 N–H and O–H groups in total. The minimum Gasteiger partial charge on any atom is -0.497 e. The van der Waals surface area contributed by atoms with Crippen molar-refractivity contribution >= 4 is 13.9 Å². The van der Waals surface area contributed by atoms with E-state index >= 15 is 0 Å². The van der Waals surface area contributed by atoms with Crippen LogP contribution < -0.4 is 14.8 Å². The average molecular weight is 376 g/mol. The molecule has 1 unspecified atom stereocenters. The highest BCUT2D eigenvalue weighted by Crippen LogP contribution is 2.51. The van der Waals surface area contributed by atoms with Crippen LogP contribution >= 0.6 is 8.58 Å². The zero-order valence-corrected chi connectivity index (χ0v) is 17.0. The molecule has 0 bridgehead atoms. The van der Waals surface area contributed by atoms with Crippen LogP contribution in [0.1, 0.15) is 37.8 Å². The van der Waals surface area contributed by atoms with Gasteiger partial charge in [-0.2, -0.15) is 0 Å². The van der Waals surface area contributed by atoms with E-state index in [0.29, 0.717) is 8.58 Å². The number of hydrogen-bond donors (Lipinski definition) is 1. The van der Waals surface area contributed by atoms with Crippen LogP contribution in [0.15, 0.2) is 42.5 Å². The molecule has 2 rings (SSSR count). The molecule has 0 amide bonds. The van der Waals surface area contributed by atoms with Gasteiger partial charge >= 0.3 is 0 Å². The van der Waals surface area contributed by atoms with Gasteiger partial charge in [0.05, 0.1) is 13.7 Å². The normalized spacial score (nSPS) is 11.9. The van der Waals surface area contributed by atoms with Gasteiger partial charge < -0.3 is 19.3 Å². The summed E-state index contributed by atoms with van der Waals surface area (Å²) in [5, 5.41) is 10.8. The van der Waals surface area contributed by atoms with Gasteiger partial charge in [-0.3, -0.25) is 0 Å². The third-order valence-electron chi connectivity index (χ3n) is 4.80. The van der Waals surface area contributed by atoms with E-state index in [1.807, 2.05) is 30.3 Å². The predicted octanol–water partition coefficient (Wildman–Crippen LogP) is 4.19. The summed E-state index contributed by atoms with van der Waals surface area (Å²) in [4.78, 5) is 0. The van der Waals surface area contributed by atoms with E-state index in [9.17, 15) is 5.11 Å².